The SMILES string of the molecule is CC(C)C[C@H](NC(=O)[C@@H](NC(=O)CN)C(C)C)C(=O)O. The highest BCUT2D eigenvalue weighted by Gasteiger charge is 2.28. The van der Waals surface area contributed by atoms with Gasteiger partial charge >= 0.3 is 5.97 Å². The van der Waals surface area contributed by atoms with Gasteiger partial charge in [-0.1, -0.05) is 27.7 Å². The summed E-state index contributed by atoms with van der Waals surface area (Å²) in [6.07, 6.45) is 0.330. The van der Waals surface area contributed by atoms with Crippen molar-refractivity contribution in [2.24, 2.45) is 17.6 Å². The summed E-state index contributed by atoms with van der Waals surface area (Å²) in [4.78, 5) is 34.5. The van der Waals surface area contributed by atoms with Crippen molar-refractivity contribution in [3.05, 3.63) is 0 Å². The van der Waals surface area contributed by atoms with E-state index in [1.807, 2.05) is 13.8 Å². The van der Waals surface area contributed by atoms with E-state index in [0.717, 1.165) is 0 Å². The third-order valence-corrected chi connectivity index (χ3v) is 2.77. The monoisotopic (exact) mass is 287 g/mol. The average molecular weight is 287 g/mol. The third kappa shape index (κ3) is 6.51. The zero-order valence-electron chi connectivity index (χ0n) is 12.5. The Morgan fingerprint density at radius 1 is 1.10 bits per heavy atom. The van der Waals surface area contributed by atoms with Crippen LogP contribution < -0.4 is 16.4 Å². The zero-order chi connectivity index (χ0) is 15.9. The lowest BCUT2D eigenvalue weighted by Gasteiger charge is -2.24. The van der Waals surface area contributed by atoms with Crippen LogP contribution >= 0.6 is 0 Å². The molecule has 0 radical (unpaired) electrons. The van der Waals surface area contributed by atoms with Crippen LogP contribution in [-0.2, 0) is 14.4 Å². The van der Waals surface area contributed by atoms with E-state index in [1.54, 1.807) is 13.8 Å². The number of nitrogens with two attached hydrogens (primary N) is 1. The highest BCUT2D eigenvalue weighted by atomic mass is 16.4. The Kier molecular flexibility index (Phi) is 7.83. The molecule has 0 bridgehead atoms. The lowest BCUT2D eigenvalue weighted by Crippen LogP contribution is -2.54. The van der Waals surface area contributed by atoms with E-state index in [0.29, 0.717) is 6.42 Å². The highest BCUT2D eigenvalue weighted by Crippen LogP contribution is 2.07. The molecule has 0 aromatic rings. The summed E-state index contributed by atoms with van der Waals surface area (Å²) in [6, 6.07) is -1.75. The Morgan fingerprint density at radius 3 is 2.00 bits per heavy atom. The minimum Gasteiger partial charge on any atom is -0.480 e. The van der Waals surface area contributed by atoms with E-state index in [9.17, 15) is 14.4 Å². The van der Waals surface area contributed by atoms with Gasteiger partial charge in [-0.25, -0.2) is 4.79 Å². The second-order valence-corrected chi connectivity index (χ2v) is 5.52. The number of carboxylic acid groups (broad SMARTS) is 1. The largest absolute Gasteiger partial charge is 0.480 e. The van der Waals surface area contributed by atoms with Crippen LogP contribution in [0.15, 0.2) is 0 Å². The molecule has 7 heteroatoms. The molecule has 2 atom stereocenters. The van der Waals surface area contributed by atoms with Gasteiger partial charge in [0.25, 0.3) is 0 Å². The van der Waals surface area contributed by atoms with Gasteiger partial charge in [0.1, 0.15) is 12.1 Å². The van der Waals surface area contributed by atoms with E-state index < -0.39 is 29.9 Å². The second-order valence-electron chi connectivity index (χ2n) is 5.52. The summed E-state index contributed by atoms with van der Waals surface area (Å²) in [7, 11) is 0. The maximum Gasteiger partial charge on any atom is 0.326 e. The van der Waals surface area contributed by atoms with Crippen molar-refractivity contribution in [3.63, 3.8) is 0 Å². The van der Waals surface area contributed by atoms with Gasteiger partial charge in [0, 0.05) is 0 Å². The maximum atomic E-state index is 12.1. The van der Waals surface area contributed by atoms with Gasteiger partial charge in [0.05, 0.1) is 6.54 Å². The molecule has 0 aliphatic rings. The molecular formula is C13H25N3O4. The minimum atomic E-state index is -1.08. The van der Waals surface area contributed by atoms with Crippen LogP contribution in [0.5, 0.6) is 0 Å². The standard InChI is InChI=1S/C13H25N3O4/c1-7(2)5-9(13(19)20)15-12(18)11(8(3)4)16-10(17)6-14/h7-9,11H,5-6,14H2,1-4H3,(H,15,18)(H,16,17)(H,19,20)/t9-,11-/m0/s1. The van der Waals surface area contributed by atoms with E-state index in [-0.39, 0.29) is 18.4 Å². The Hall–Kier alpha value is -1.63. The highest BCUT2D eigenvalue weighted by molar-refractivity contribution is 5.90. The van der Waals surface area contributed by atoms with Crippen molar-refractivity contribution in [2.75, 3.05) is 6.54 Å². The van der Waals surface area contributed by atoms with Gasteiger partial charge in [-0.3, -0.25) is 9.59 Å². The molecule has 0 fully saturated rings. The first-order valence-electron chi connectivity index (χ1n) is 6.71. The number of hydrogen-bond acceptors (Lipinski definition) is 4. The number of hydrogen-bond donors (Lipinski definition) is 4. The third-order valence-electron chi connectivity index (χ3n) is 2.77. The number of amides is 2. The molecule has 0 saturated heterocycles. The number of nitrogens with one attached hydrogen (secondary N) is 2. The fourth-order valence-electron chi connectivity index (χ4n) is 1.72. The zero-order valence-corrected chi connectivity index (χ0v) is 12.5. The number of carboxylic acids is 1. The predicted molar refractivity (Wildman–Crippen MR) is 74.8 cm³/mol. The van der Waals surface area contributed by atoms with Crippen molar-refractivity contribution in [2.45, 2.75) is 46.2 Å². The van der Waals surface area contributed by atoms with Crippen LogP contribution in [0.25, 0.3) is 0 Å². The molecule has 0 aliphatic heterocycles. The lowest BCUT2D eigenvalue weighted by molar-refractivity contribution is -0.143. The molecule has 0 saturated carbocycles. The quantitative estimate of drug-likeness (QED) is 0.488. The molecule has 7 nitrogen and oxygen atoms in total. The van der Waals surface area contributed by atoms with Crippen molar-refractivity contribution in [1.29, 1.82) is 0 Å². The molecule has 0 heterocycles. The molecular weight excluding hydrogens is 262 g/mol. The fraction of sp³-hybridized carbons (Fsp3) is 0.769. The van der Waals surface area contributed by atoms with E-state index in [2.05, 4.69) is 10.6 Å². The van der Waals surface area contributed by atoms with E-state index in [4.69, 9.17) is 10.8 Å². The summed E-state index contributed by atoms with van der Waals surface area (Å²) in [5, 5.41) is 14.1. The molecule has 0 unspecified atom stereocenters. The van der Waals surface area contributed by atoms with Crippen molar-refractivity contribution in [3.8, 4) is 0 Å². The van der Waals surface area contributed by atoms with E-state index in [1.165, 1.54) is 0 Å². The van der Waals surface area contributed by atoms with Crippen LogP contribution in [0, 0.1) is 11.8 Å². The number of aliphatic carboxylic acids is 1. The number of rotatable bonds is 8. The minimum absolute atomic E-state index is 0.132. The van der Waals surface area contributed by atoms with Gasteiger partial charge in [0.15, 0.2) is 0 Å². The maximum absolute atomic E-state index is 12.1. The Labute approximate surface area is 119 Å². The average Bonchev–Trinajstić information content (AvgIpc) is 2.33. The predicted octanol–water partition coefficient (Wildman–Crippen LogP) is -0.299. The molecule has 20 heavy (non-hydrogen) atoms. The molecule has 116 valence electrons. The fourth-order valence-corrected chi connectivity index (χ4v) is 1.72. The summed E-state index contributed by atoms with van der Waals surface area (Å²) in [5.41, 5.74) is 5.20. The molecule has 0 aliphatic carbocycles. The van der Waals surface area contributed by atoms with Crippen LogP contribution in [-0.4, -0.2) is 41.5 Å². The van der Waals surface area contributed by atoms with Crippen LogP contribution in [0.3, 0.4) is 0 Å². The summed E-state index contributed by atoms with van der Waals surface area (Å²) < 4.78 is 0. The molecule has 0 rings (SSSR count). The van der Waals surface area contributed by atoms with Gasteiger partial charge in [-0.15, -0.1) is 0 Å². The van der Waals surface area contributed by atoms with Crippen molar-refractivity contribution >= 4 is 17.8 Å². The topological polar surface area (TPSA) is 122 Å². The number of carbonyl (C=O) groups excluding carboxylic acids is 2. The van der Waals surface area contributed by atoms with Crippen molar-refractivity contribution in [1.82, 2.24) is 10.6 Å². The summed E-state index contributed by atoms with van der Waals surface area (Å²) in [6.45, 7) is 7.06. The van der Waals surface area contributed by atoms with Gasteiger partial charge in [-0.2, -0.15) is 0 Å². The smallest absolute Gasteiger partial charge is 0.326 e. The normalized spacial score (nSPS) is 13.9. The van der Waals surface area contributed by atoms with Crippen LogP contribution in [0.2, 0.25) is 0 Å². The summed E-state index contributed by atoms with van der Waals surface area (Å²) in [5.74, 6) is -2.07. The van der Waals surface area contributed by atoms with Crippen LogP contribution in [0.1, 0.15) is 34.1 Å². The Morgan fingerprint density at radius 2 is 1.65 bits per heavy atom. The van der Waals surface area contributed by atoms with Gasteiger partial charge < -0.3 is 21.5 Å². The Bertz CT molecular complexity index is 356. The van der Waals surface area contributed by atoms with Gasteiger partial charge in [0.2, 0.25) is 11.8 Å². The molecule has 0 aromatic carbocycles. The first-order valence-corrected chi connectivity index (χ1v) is 6.71. The Balaban J connectivity index is 4.79. The first kappa shape index (κ1) is 18.4. The van der Waals surface area contributed by atoms with Crippen LogP contribution in [0.4, 0.5) is 0 Å². The second kappa shape index (κ2) is 8.52. The molecule has 0 aromatic heterocycles. The van der Waals surface area contributed by atoms with Crippen molar-refractivity contribution < 1.29 is 19.5 Å². The molecule has 5 N–H and O–H groups in total. The lowest BCUT2D eigenvalue weighted by atomic mass is 10.0. The first-order chi connectivity index (χ1) is 9.18. The molecule has 2 amide bonds. The number of carbonyl (C=O) groups is 3. The summed E-state index contributed by atoms with van der Waals surface area (Å²) >= 11 is 0. The van der Waals surface area contributed by atoms with Gasteiger partial charge in [-0.05, 0) is 18.3 Å². The molecule has 0 spiro atoms. The van der Waals surface area contributed by atoms with E-state index >= 15 is 0 Å².